The Morgan fingerprint density at radius 3 is 2.50 bits per heavy atom. The molecule has 2 heterocycles. The lowest BCUT2D eigenvalue weighted by molar-refractivity contribution is -0.133. The van der Waals surface area contributed by atoms with Gasteiger partial charge in [-0.3, -0.25) is 14.5 Å². The van der Waals surface area contributed by atoms with Crippen LogP contribution in [0.1, 0.15) is 32.6 Å². The van der Waals surface area contributed by atoms with Crippen molar-refractivity contribution < 1.29 is 14.3 Å². The van der Waals surface area contributed by atoms with Gasteiger partial charge in [-0.1, -0.05) is 25.1 Å². The van der Waals surface area contributed by atoms with Crippen molar-refractivity contribution in [1.29, 1.82) is 0 Å². The first-order chi connectivity index (χ1) is 12.6. The Morgan fingerprint density at radius 2 is 1.88 bits per heavy atom. The largest absolute Gasteiger partial charge is 0.489 e. The molecule has 2 atom stereocenters. The van der Waals surface area contributed by atoms with Crippen molar-refractivity contribution in [2.75, 3.05) is 26.7 Å². The number of likely N-dealkylation sites (N-methyl/N-ethyl adjacent to an activating group) is 1. The minimum atomic E-state index is -0.160. The standard InChI is InChI=1S/C20H29N3O3/c1-3-19(24)22-11-9-15(10-12-22)23-14-17(13-18(23)20(25)21-2)26-16-7-5-4-6-8-16/h4-8,15,17-18H,3,9-14H2,1-2H3,(H,21,25)/t17-,18-/m0/s1. The van der Waals surface area contributed by atoms with E-state index in [-0.39, 0.29) is 24.0 Å². The van der Waals surface area contributed by atoms with Gasteiger partial charge in [0.1, 0.15) is 11.9 Å². The number of nitrogens with zero attached hydrogens (tertiary/aromatic N) is 2. The van der Waals surface area contributed by atoms with Crippen LogP contribution < -0.4 is 10.1 Å². The molecule has 2 saturated heterocycles. The number of hydrogen-bond donors (Lipinski definition) is 1. The Hall–Kier alpha value is -2.08. The van der Waals surface area contributed by atoms with Crippen molar-refractivity contribution in [2.24, 2.45) is 0 Å². The molecule has 0 spiro atoms. The summed E-state index contributed by atoms with van der Waals surface area (Å²) in [5.41, 5.74) is 0. The van der Waals surface area contributed by atoms with Gasteiger partial charge in [0.05, 0.1) is 6.04 Å². The van der Waals surface area contributed by atoms with Crippen LogP contribution in [0, 0.1) is 0 Å². The lowest BCUT2D eigenvalue weighted by atomic mass is 10.0. The molecule has 26 heavy (non-hydrogen) atoms. The molecule has 1 aromatic carbocycles. The number of para-hydroxylation sites is 1. The number of rotatable bonds is 5. The van der Waals surface area contributed by atoms with Crippen LogP contribution >= 0.6 is 0 Å². The number of nitrogens with one attached hydrogen (secondary N) is 1. The van der Waals surface area contributed by atoms with E-state index >= 15 is 0 Å². The minimum Gasteiger partial charge on any atom is -0.489 e. The number of carbonyl (C=O) groups excluding carboxylic acids is 2. The molecule has 1 N–H and O–H groups in total. The molecule has 2 aliphatic rings. The van der Waals surface area contributed by atoms with E-state index in [4.69, 9.17) is 4.74 Å². The third-order valence-electron chi connectivity index (χ3n) is 5.48. The fourth-order valence-corrected chi connectivity index (χ4v) is 4.10. The fraction of sp³-hybridized carbons (Fsp3) is 0.600. The predicted octanol–water partition coefficient (Wildman–Crippen LogP) is 1.66. The summed E-state index contributed by atoms with van der Waals surface area (Å²) in [5, 5.41) is 2.80. The molecular formula is C20H29N3O3. The zero-order valence-corrected chi connectivity index (χ0v) is 15.7. The highest BCUT2D eigenvalue weighted by Crippen LogP contribution is 2.29. The Bertz CT molecular complexity index is 614. The van der Waals surface area contributed by atoms with Crippen molar-refractivity contribution in [2.45, 2.75) is 50.8 Å². The van der Waals surface area contributed by atoms with Crippen LogP contribution in [0.15, 0.2) is 30.3 Å². The summed E-state index contributed by atoms with van der Waals surface area (Å²) in [7, 11) is 1.69. The van der Waals surface area contributed by atoms with Crippen molar-refractivity contribution in [3.63, 3.8) is 0 Å². The number of carbonyl (C=O) groups is 2. The van der Waals surface area contributed by atoms with Crippen LogP contribution in [0.5, 0.6) is 5.75 Å². The molecule has 0 aromatic heterocycles. The van der Waals surface area contributed by atoms with E-state index in [9.17, 15) is 9.59 Å². The zero-order chi connectivity index (χ0) is 18.5. The molecule has 2 amide bonds. The van der Waals surface area contributed by atoms with Crippen LogP contribution in [-0.2, 0) is 9.59 Å². The Morgan fingerprint density at radius 1 is 1.19 bits per heavy atom. The molecule has 0 saturated carbocycles. The van der Waals surface area contributed by atoms with E-state index in [0.717, 1.165) is 38.2 Å². The van der Waals surface area contributed by atoms with Gasteiger partial charge in [-0.05, 0) is 25.0 Å². The number of likely N-dealkylation sites (tertiary alicyclic amines) is 2. The van der Waals surface area contributed by atoms with Gasteiger partial charge in [0, 0.05) is 45.6 Å². The first kappa shape index (κ1) is 18.7. The maximum Gasteiger partial charge on any atom is 0.237 e. The second-order valence-corrected chi connectivity index (χ2v) is 7.08. The number of benzene rings is 1. The first-order valence-corrected chi connectivity index (χ1v) is 9.59. The maximum atomic E-state index is 12.4. The van der Waals surface area contributed by atoms with Gasteiger partial charge < -0.3 is 15.0 Å². The van der Waals surface area contributed by atoms with Gasteiger partial charge in [-0.15, -0.1) is 0 Å². The predicted molar refractivity (Wildman–Crippen MR) is 99.9 cm³/mol. The van der Waals surface area contributed by atoms with Gasteiger partial charge in [0.15, 0.2) is 0 Å². The molecule has 2 fully saturated rings. The minimum absolute atomic E-state index is 0.00926. The van der Waals surface area contributed by atoms with E-state index in [1.54, 1.807) is 7.05 Å². The van der Waals surface area contributed by atoms with E-state index in [1.165, 1.54) is 0 Å². The molecule has 3 rings (SSSR count). The quantitative estimate of drug-likeness (QED) is 0.868. The fourth-order valence-electron chi connectivity index (χ4n) is 4.10. The van der Waals surface area contributed by atoms with E-state index < -0.39 is 0 Å². The van der Waals surface area contributed by atoms with Gasteiger partial charge in [0.25, 0.3) is 0 Å². The third kappa shape index (κ3) is 4.18. The van der Waals surface area contributed by atoms with E-state index in [2.05, 4.69) is 10.2 Å². The molecule has 6 heteroatoms. The molecule has 142 valence electrons. The maximum absolute atomic E-state index is 12.4. The molecule has 0 bridgehead atoms. The Balaban J connectivity index is 1.64. The summed E-state index contributed by atoms with van der Waals surface area (Å²) >= 11 is 0. The lowest BCUT2D eigenvalue weighted by Gasteiger charge is -2.38. The average molecular weight is 359 g/mol. The van der Waals surface area contributed by atoms with Crippen LogP contribution in [0.4, 0.5) is 0 Å². The summed E-state index contributed by atoms with van der Waals surface area (Å²) < 4.78 is 6.11. The number of hydrogen-bond acceptors (Lipinski definition) is 4. The summed E-state index contributed by atoms with van der Waals surface area (Å²) in [6.07, 6.45) is 3.09. The second kappa shape index (κ2) is 8.54. The summed E-state index contributed by atoms with van der Waals surface area (Å²) in [5.74, 6) is 1.12. The molecule has 0 radical (unpaired) electrons. The van der Waals surface area contributed by atoms with Crippen molar-refractivity contribution in [3.05, 3.63) is 30.3 Å². The van der Waals surface area contributed by atoms with Gasteiger partial charge in [-0.25, -0.2) is 0 Å². The lowest BCUT2D eigenvalue weighted by Crippen LogP contribution is -2.51. The number of piperidine rings is 1. The summed E-state index contributed by atoms with van der Waals surface area (Å²) in [6, 6.07) is 9.94. The van der Waals surface area contributed by atoms with Crippen molar-refractivity contribution in [3.8, 4) is 5.75 Å². The molecular weight excluding hydrogens is 330 g/mol. The molecule has 6 nitrogen and oxygen atoms in total. The highest BCUT2D eigenvalue weighted by Gasteiger charge is 2.42. The van der Waals surface area contributed by atoms with E-state index in [0.29, 0.717) is 18.9 Å². The van der Waals surface area contributed by atoms with Crippen LogP contribution in [-0.4, -0.2) is 66.5 Å². The summed E-state index contributed by atoms with van der Waals surface area (Å²) in [4.78, 5) is 28.5. The molecule has 0 aliphatic carbocycles. The molecule has 1 aromatic rings. The second-order valence-electron chi connectivity index (χ2n) is 7.08. The van der Waals surface area contributed by atoms with Gasteiger partial charge in [0.2, 0.25) is 11.8 Å². The van der Waals surface area contributed by atoms with Crippen LogP contribution in [0.2, 0.25) is 0 Å². The topological polar surface area (TPSA) is 61.9 Å². The van der Waals surface area contributed by atoms with Crippen LogP contribution in [0.3, 0.4) is 0 Å². The summed E-state index contributed by atoms with van der Waals surface area (Å²) in [6.45, 7) is 4.21. The number of amides is 2. The van der Waals surface area contributed by atoms with Crippen molar-refractivity contribution >= 4 is 11.8 Å². The van der Waals surface area contributed by atoms with E-state index in [1.807, 2.05) is 42.2 Å². The number of ether oxygens (including phenoxy) is 1. The highest BCUT2D eigenvalue weighted by atomic mass is 16.5. The molecule has 0 unspecified atom stereocenters. The van der Waals surface area contributed by atoms with Crippen LogP contribution in [0.25, 0.3) is 0 Å². The van der Waals surface area contributed by atoms with Crippen molar-refractivity contribution in [1.82, 2.24) is 15.1 Å². The van der Waals surface area contributed by atoms with Gasteiger partial charge >= 0.3 is 0 Å². The Kier molecular flexibility index (Phi) is 6.14. The normalized spacial score (nSPS) is 24.5. The third-order valence-corrected chi connectivity index (χ3v) is 5.48. The highest BCUT2D eigenvalue weighted by molar-refractivity contribution is 5.82. The first-order valence-electron chi connectivity index (χ1n) is 9.59. The smallest absolute Gasteiger partial charge is 0.237 e. The molecule has 2 aliphatic heterocycles. The van der Waals surface area contributed by atoms with Gasteiger partial charge in [-0.2, -0.15) is 0 Å². The average Bonchev–Trinajstić information content (AvgIpc) is 3.11. The zero-order valence-electron chi connectivity index (χ0n) is 15.7. The SMILES string of the molecule is CCC(=O)N1CCC(N2C[C@@H](Oc3ccccc3)C[C@H]2C(=O)NC)CC1. The monoisotopic (exact) mass is 359 g/mol. The Labute approximate surface area is 155 Å².